The van der Waals surface area contributed by atoms with Gasteiger partial charge in [-0.1, -0.05) is 71.9 Å². The molecule has 0 spiro atoms. The Balaban J connectivity index is 1.33. The van der Waals surface area contributed by atoms with Gasteiger partial charge >= 0.3 is 6.09 Å². The number of ether oxygens (including phenoxy) is 1. The van der Waals surface area contributed by atoms with E-state index in [9.17, 15) is 14.4 Å². The van der Waals surface area contributed by atoms with E-state index >= 15 is 0 Å². The largest absolute Gasteiger partial charge is 0.444 e. The van der Waals surface area contributed by atoms with Gasteiger partial charge in [0.05, 0.1) is 5.52 Å². The highest BCUT2D eigenvalue weighted by molar-refractivity contribution is 5.92. The molecule has 2 heterocycles. The Bertz CT molecular complexity index is 1640. The molecule has 3 atom stereocenters. The van der Waals surface area contributed by atoms with Crippen LogP contribution in [0.5, 0.6) is 0 Å². The minimum absolute atomic E-state index is 0.118. The van der Waals surface area contributed by atoms with Crippen molar-refractivity contribution in [2.45, 2.75) is 76.8 Å². The summed E-state index contributed by atoms with van der Waals surface area (Å²) in [5.41, 5.74) is 3.95. The van der Waals surface area contributed by atoms with Gasteiger partial charge < -0.3 is 25.6 Å². The average Bonchev–Trinajstić information content (AvgIpc) is 3.64. The quantitative estimate of drug-likeness (QED) is 0.231. The van der Waals surface area contributed by atoms with Crippen molar-refractivity contribution in [1.82, 2.24) is 35.8 Å². The fourth-order valence-electron chi connectivity index (χ4n) is 5.70. The van der Waals surface area contributed by atoms with Crippen LogP contribution >= 0.6 is 0 Å². The summed E-state index contributed by atoms with van der Waals surface area (Å²) in [6.07, 6.45) is 0.689. The van der Waals surface area contributed by atoms with E-state index in [2.05, 4.69) is 26.3 Å². The zero-order valence-electron chi connectivity index (χ0n) is 26.9. The van der Waals surface area contributed by atoms with E-state index in [1.165, 1.54) is 0 Å². The van der Waals surface area contributed by atoms with Crippen LogP contribution in [0.3, 0.4) is 0 Å². The van der Waals surface area contributed by atoms with Gasteiger partial charge in [0.15, 0.2) is 0 Å². The van der Waals surface area contributed by atoms with Crippen LogP contribution < -0.4 is 16.0 Å². The maximum atomic E-state index is 14.3. The first kappa shape index (κ1) is 32.6. The minimum atomic E-state index is -0.878. The van der Waals surface area contributed by atoms with Gasteiger partial charge in [-0.05, 0) is 68.9 Å². The monoisotopic (exact) mass is 625 g/mol. The van der Waals surface area contributed by atoms with E-state index < -0.39 is 23.8 Å². The summed E-state index contributed by atoms with van der Waals surface area (Å²) in [5.74, 6) is -0.567. The summed E-state index contributed by atoms with van der Waals surface area (Å²) in [7, 11) is 1.83. The molecule has 11 heteroatoms. The molecule has 1 aromatic heterocycles. The molecular formula is C35H43N7O4. The Morgan fingerprint density at radius 1 is 0.935 bits per heavy atom. The molecule has 1 aliphatic rings. The molecule has 1 saturated heterocycles. The third-order valence-corrected chi connectivity index (χ3v) is 8.02. The highest BCUT2D eigenvalue weighted by atomic mass is 16.6. The molecule has 3 aromatic carbocycles. The number of hydrogen-bond donors (Lipinski definition) is 3. The molecule has 5 rings (SSSR count). The summed E-state index contributed by atoms with van der Waals surface area (Å²) in [6.45, 7) is 6.54. The lowest BCUT2D eigenvalue weighted by Crippen LogP contribution is -2.54. The summed E-state index contributed by atoms with van der Waals surface area (Å²) in [5, 5.41) is 17.6. The number of nitrogens with one attached hydrogen (secondary N) is 3. The number of carbonyl (C=O) groups is 3. The van der Waals surface area contributed by atoms with Gasteiger partial charge in [0.1, 0.15) is 23.2 Å². The van der Waals surface area contributed by atoms with Crippen LogP contribution in [0.25, 0.3) is 11.0 Å². The predicted octanol–water partition coefficient (Wildman–Crippen LogP) is 3.87. The minimum Gasteiger partial charge on any atom is -0.444 e. The van der Waals surface area contributed by atoms with Crippen LogP contribution in [0, 0.1) is 0 Å². The lowest BCUT2D eigenvalue weighted by molar-refractivity contribution is -0.140. The Labute approximate surface area is 269 Å². The third-order valence-electron chi connectivity index (χ3n) is 8.02. The number of fused-ring (bicyclic) bond motifs is 1. The van der Waals surface area contributed by atoms with Gasteiger partial charge in [-0.15, -0.1) is 5.10 Å². The van der Waals surface area contributed by atoms with Crippen LogP contribution in [0.4, 0.5) is 4.79 Å². The van der Waals surface area contributed by atoms with E-state index in [1.807, 2.05) is 85.9 Å². The van der Waals surface area contributed by atoms with E-state index in [-0.39, 0.29) is 24.4 Å². The summed E-state index contributed by atoms with van der Waals surface area (Å²) < 4.78 is 7.21. The predicted molar refractivity (Wildman–Crippen MR) is 175 cm³/mol. The first-order valence-corrected chi connectivity index (χ1v) is 15.7. The molecule has 0 bridgehead atoms. The van der Waals surface area contributed by atoms with Gasteiger partial charge in [0.2, 0.25) is 11.8 Å². The molecule has 0 saturated carbocycles. The molecule has 46 heavy (non-hydrogen) atoms. The molecule has 0 unspecified atom stereocenters. The van der Waals surface area contributed by atoms with Crippen LogP contribution in [0.1, 0.15) is 50.3 Å². The molecule has 242 valence electrons. The fourth-order valence-corrected chi connectivity index (χ4v) is 5.70. The van der Waals surface area contributed by atoms with Crippen molar-refractivity contribution >= 4 is 28.9 Å². The van der Waals surface area contributed by atoms with Crippen molar-refractivity contribution in [1.29, 1.82) is 0 Å². The molecule has 11 nitrogen and oxygen atoms in total. The van der Waals surface area contributed by atoms with E-state index in [0.717, 1.165) is 27.7 Å². The number of nitrogens with zero attached hydrogens (tertiary/aromatic N) is 4. The van der Waals surface area contributed by atoms with E-state index in [4.69, 9.17) is 4.74 Å². The van der Waals surface area contributed by atoms with Crippen molar-refractivity contribution in [3.8, 4) is 0 Å². The first-order chi connectivity index (χ1) is 22.1. The second-order valence-electron chi connectivity index (χ2n) is 12.8. The van der Waals surface area contributed by atoms with Gasteiger partial charge in [0, 0.05) is 32.7 Å². The SMILES string of the molecule is Cn1nnc2cc(CNC(=O)[C@@H]3C[C@H](NCc4ccccc4)CN3C(=O)[C@@H](CCc3ccccc3)NC(=O)OC(C)(C)C)ccc21. The second-order valence-corrected chi connectivity index (χ2v) is 12.8. The summed E-state index contributed by atoms with van der Waals surface area (Å²) in [6, 6.07) is 23.8. The van der Waals surface area contributed by atoms with E-state index in [1.54, 1.807) is 30.4 Å². The van der Waals surface area contributed by atoms with Crippen molar-refractivity contribution in [3.05, 3.63) is 95.6 Å². The Hall–Kier alpha value is -4.77. The third kappa shape index (κ3) is 8.69. The lowest BCUT2D eigenvalue weighted by Gasteiger charge is -2.29. The van der Waals surface area contributed by atoms with Crippen LogP contribution in [0.15, 0.2) is 78.9 Å². The van der Waals surface area contributed by atoms with Gasteiger partial charge in [-0.25, -0.2) is 9.48 Å². The number of aromatic nitrogens is 3. The molecule has 3 amide bonds. The first-order valence-electron chi connectivity index (χ1n) is 15.7. The summed E-state index contributed by atoms with van der Waals surface area (Å²) >= 11 is 0. The highest BCUT2D eigenvalue weighted by Gasteiger charge is 2.42. The van der Waals surface area contributed by atoms with Crippen molar-refractivity contribution in [3.63, 3.8) is 0 Å². The molecule has 4 aromatic rings. The smallest absolute Gasteiger partial charge is 0.408 e. The topological polar surface area (TPSA) is 130 Å². The molecular weight excluding hydrogens is 582 g/mol. The van der Waals surface area contributed by atoms with Crippen molar-refractivity contribution in [2.75, 3.05) is 6.54 Å². The average molecular weight is 626 g/mol. The maximum absolute atomic E-state index is 14.3. The number of amides is 3. The number of carbonyl (C=O) groups excluding carboxylic acids is 3. The number of aryl methyl sites for hydroxylation is 2. The second kappa shape index (κ2) is 14.6. The van der Waals surface area contributed by atoms with Crippen molar-refractivity contribution < 1.29 is 19.1 Å². The van der Waals surface area contributed by atoms with Crippen LogP contribution in [0.2, 0.25) is 0 Å². The maximum Gasteiger partial charge on any atom is 0.408 e. The molecule has 0 radical (unpaired) electrons. The van der Waals surface area contributed by atoms with Crippen molar-refractivity contribution in [2.24, 2.45) is 7.05 Å². The van der Waals surface area contributed by atoms with Gasteiger partial charge in [0.25, 0.3) is 0 Å². The number of likely N-dealkylation sites (tertiary alicyclic amines) is 1. The molecule has 1 aliphatic heterocycles. The molecule has 1 fully saturated rings. The Kier molecular flexibility index (Phi) is 10.3. The van der Waals surface area contributed by atoms with Crippen LogP contribution in [-0.4, -0.2) is 68.1 Å². The number of hydrogen-bond acceptors (Lipinski definition) is 7. The number of rotatable bonds is 11. The lowest BCUT2D eigenvalue weighted by atomic mass is 10.0. The standard InChI is InChI=1S/C35H43N7O4/c1-35(2,3)46-34(45)38-28(17-15-24-11-7-5-8-12-24)33(44)42-23-27(36-21-25-13-9-6-10-14-25)20-31(42)32(43)37-22-26-16-18-30-29(19-26)39-40-41(30)4/h5-14,16,18-19,27-28,31,36H,15,17,20-23H2,1-4H3,(H,37,43)(H,38,45)/t27-,28+,31-/m0/s1. The normalized spacial score (nSPS) is 17.1. The van der Waals surface area contributed by atoms with Gasteiger partial charge in [-0.2, -0.15) is 0 Å². The Morgan fingerprint density at radius 2 is 1.63 bits per heavy atom. The van der Waals surface area contributed by atoms with Gasteiger partial charge in [-0.3, -0.25) is 9.59 Å². The zero-order chi connectivity index (χ0) is 32.7. The fraction of sp³-hybridized carbons (Fsp3) is 0.400. The van der Waals surface area contributed by atoms with E-state index in [0.29, 0.717) is 32.4 Å². The zero-order valence-corrected chi connectivity index (χ0v) is 26.9. The molecule has 0 aliphatic carbocycles. The number of benzene rings is 3. The highest BCUT2D eigenvalue weighted by Crippen LogP contribution is 2.22. The van der Waals surface area contributed by atoms with Crippen LogP contribution in [-0.2, 0) is 40.9 Å². The summed E-state index contributed by atoms with van der Waals surface area (Å²) in [4.78, 5) is 42.5. The number of alkyl carbamates (subject to hydrolysis) is 1. The Morgan fingerprint density at radius 3 is 2.33 bits per heavy atom. The molecule has 3 N–H and O–H groups in total.